The van der Waals surface area contributed by atoms with Gasteiger partial charge in [0.1, 0.15) is 11.2 Å². The Hall–Kier alpha value is -2.27. The fourth-order valence-electron chi connectivity index (χ4n) is 2.33. The molecule has 0 saturated carbocycles. The molecule has 0 unspecified atom stereocenters. The molecule has 0 fully saturated rings. The SMILES string of the molecule is Cc1nc2[nH]c3cc(Cl)ccc3c2c(N)c1C(=O)O. The number of aromatic nitrogens is 2. The first-order chi connectivity index (χ1) is 8.99. The summed E-state index contributed by atoms with van der Waals surface area (Å²) >= 11 is 5.93. The Morgan fingerprint density at radius 3 is 2.89 bits per heavy atom. The number of anilines is 1. The van der Waals surface area contributed by atoms with E-state index in [1.807, 2.05) is 0 Å². The summed E-state index contributed by atoms with van der Waals surface area (Å²) in [6.45, 7) is 1.62. The van der Waals surface area contributed by atoms with Gasteiger partial charge in [-0.3, -0.25) is 0 Å². The maximum absolute atomic E-state index is 11.2. The lowest BCUT2D eigenvalue weighted by Crippen LogP contribution is -2.07. The van der Waals surface area contributed by atoms with Crippen molar-refractivity contribution in [2.24, 2.45) is 0 Å². The predicted molar refractivity (Wildman–Crippen MR) is 74.7 cm³/mol. The first kappa shape index (κ1) is 11.8. The van der Waals surface area contributed by atoms with E-state index in [2.05, 4.69) is 9.97 Å². The third-order valence-corrected chi connectivity index (χ3v) is 3.37. The Bertz CT molecular complexity index is 839. The van der Waals surface area contributed by atoms with Crippen molar-refractivity contribution in [1.29, 1.82) is 0 Å². The standard InChI is InChI=1S/C13H10ClN3O2/c1-5-9(13(18)19)11(15)10-7-3-2-6(14)4-8(7)17-12(10)16-5/h2-4H,1H3,(H,18,19)(H3,15,16,17). The van der Waals surface area contributed by atoms with Crippen LogP contribution in [0.25, 0.3) is 21.9 Å². The van der Waals surface area contributed by atoms with Crippen molar-refractivity contribution in [3.63, 3.8) is 0 Å². The van der Waals surface area contributed by atoms with Crippen molar-refractivity contribution in [2.75, 3.05) is 5.73 Å². The molecule has 3 aromatic rings. The highest BCUT2D eigenvalue weighted by atomic mass is 35.5. The minimum atomic E-state index is -1.08. The number of fused-ring (bicyclic) bond motifs is 3. The number of pyridine rings is 1. The molecule has 0 aliphatic rings. The van der Waals surface area contributed by atoms with Gasteiger partial charge in [-0.25, -0.2) is 9.78 Å². The molecule has 3 rings (SSSR count). The Morgan fingerprint density at radius 1 is 1.47 bits per heavy atom. The van der Waals surface area contributed by atoms with E-state index in [0.717, 1.165) is 10.9 Å². The molecule has 2 heterocycles. The smallest absolute Gasteiger partial charge is 0.339 e. The van der Waals surface area contributed by atoms with Crippen molar-refractivity contribution in [2.45, 2.75) is 6.92 Å². The van der Waals surface area contributed by atoms with Gasteiger partial charge in [0.25, 0.3) is 0 Å². The number of nitrogens with one attached hydrogen (secondary N) is 1. The van der Waals surface area contributed by atoms with Crippen LogP contribution in [0, 0.1) is 6.92 Å². The number of hydrogen-bond acceptors (Lipinski definition) is 3. The second kappa shape index (κ2) is 3.86. The topological polar surface area (TPSA) is 92.0 Å². The molecule has 6 heteroatoms. The molecule has 0 saturated heterocycles. The van der Waals surface area contributed by atoms with Crippen molar-refractivity contribution < 1.29 is 9.90 Å². The van der Waals surface area contributed by atoms with Gasteiger partial charge in [-0.2, -0.15) is 0 Å². The fourth-order valence-corrected chi connectivity index (χ4v) is 2.50. The van der Waals surface area contributed by atoms with Crippen LogP contribution >= 0.6 is 11.6 Å². The van der Waals surface area contributed by atoms with Gasteiger partial charge in [-0.15, -0.1) is 0 Å². The maximum Gasteiger partial charge on any atom is 0.339 e. The number of aromatic amines is 1. The number of aromatic carboxylic acids is 1. The number of H-pyrrole nitrogens is 1. The fraction of sp³-hybridized carbons (Fsp3) is 0.0769. The number of aryl methyl sites for hydroxylation is 1. The maximum atomic E-state index is 11.2. The van der Waals surface area contributed by atoms with Crippen LogP contribution in [-0.4, -0.2) is 21.0 Å². The van der Waals surface area contributed by atoms with Crippen LogP contribution in [0.15, 0.2) is 18.2 Å². The third kappa shape index (κ3) is 1.62. The molecule has 19 heavy (non-hydrogen) atoms. The van der Waals surface area contributed by atoms with Crippen molar-refractivity contribution in [3.8, 4) is 0 Å². The number of benzene rings is 1. The van der Waals surface area contributed by atoms with E-state index in [9.17, 15) is 9.90 Å². The summed E-state index contributed by atoms with van der Waals surface area (Å²) in [6.07, 6.45) is 0. The summed E-state index contributed by atoms with van der Waals surface area (Å²) in [7, 11) is 0. The zero-order valence-electron chi connectivity index (χ0n) is 9.99. The number of hydrogen-bond donors (Lipinski definition) is 3. The lowest BCUT2D eigenvalue weighted by molar-refractivity contribution is 0.0697. The van der Waals surface area contributed by atoms with Crippen LogP contribution in [0.3, 0.4) is 0 Å². The molecule has 0 aliphatic heterocycles. The summed E-state index contributed by atoms with van der Waals surface area (Å²) in [5.74, 6) is -1.08. The molecule has 0 bridgehead atoms. The number of carboxylic acid groups (broad SMARTS) is 1. The normalized spacial score (nSPS) is 11.3. The van der Waals surface area contributed by atoms with Crippen LogP contribution in [-0.2, 0) is 0 Å². The molecule has 96 valence electrons. The molecule has 0 amide bonds. The highest BCUT2D eigenvalue weighted by Crippen LogP contribution is 2.33. The van der Waals surface area contributed by atoms with E-state index in [4.69, 9.17) is 17.3 Å². The van der Waals surface area contributed by atoms with Crippen molar-refractivity contribution >= 4 is 45.2 Å². The molecule has 0 aliphatic carbocycles. The van der Waals surface area contributed by atoms with Gasteiger partial charge in [-0.05, 0) is 19.1 Å². The molecule has 1 aromatic carbocycles. The number of rotatable bonds is 1. The van der Waals surface area contributed by atoms with Crippen molar-refractivity contribution in [3.05, 3.63) is 34.5 Å². The number of halogens is 1. The van der Waals surface area contributed by atoms with Gasteiger partial charge in [0, 0.05) is 15.9 Å². The predicted octanol–water partition coefficient (Wildman–Crippen LogP) is 2.96. The molecule has 0 atom stereocenters. The quantitative estimate of drug-likeness (QED) is 0.636. The Morgan fingerprint density at radius 2 is 2.21 bits per heavy atom. The van der Waals surface area contributed by atoms with Crippen LogP contribution < -0.4 is 5.73 Å². The van der Waals surface area contributed by atoms with Gasteiger partial charge in [-0.1, -0.05) is 17.7 Å². The second-order valence-electron chi connectivity index (χ2n) is 4.33. The van der Waals surface area contributed by atoms with E-state index in [1.54, 1.807) is 25.1 Å². The molecule has 2 aromatic heterocycles. The molecular formula is C13H10ClN3O2. The number of nitrogens with zero attached hydrogens (tertiary/aromatic N) is 1. The van der Waals surface area contributed by atoms with Crippen LogP contribution in [0.1, 0.15) is 16.1 Å². The van der Waals surface area contributed by atoms with E-state index < -0.39 is 5.97 Å². The zero-order valence-corrected chi connectivity index (χ0v) is 10.7. The van der Waals surface area contributed by atoms with Crippen LogP contribution in [0.2, 0.25) is 5.02 Å². The summed E-state index contributed by atoms with van der Waals surface area (Å²) in [4.78, 5) is 18.6. The number of nitrogen functional groups attached to an aromatic ring is 1. The van der Waals surface area contributed by atoms with E-state index >= 15 is 0 Å². The van der Waals surface area contributed by atoms with Gasteiger partial charge in [0.2, 0.25) is 0 Å². The van der Waals surface area contributed by atoms with Crippen LogP contribution in [0.5, 0.6) is 0 Å². The van der Waals surface area contributed by atoms with Crippen molar-refractivity contribution in [1.82, 2.24) is 9.97 Å². The molecular weight excluding hydrogens is 266 g/mol. The molecule has 0 spiro atoms. The van der Waals surface area contributed by atoms with E-state index in [0.29, 0.717) is 21.7 Å². The number of carboxylic acids is 1. The van der Waals surface area contributed by atoms with Crippen LogP contribution in [0.4, 0.5) is 5.69 Å². The lowest BCUT2D eigenvalue weighted by Gasteiger charge is -2.05. The average Bonchev–Trinajstić information content (AvgIpc) is 2.65. The van der Waals surface area contributed by atoms with Gasteiger partial charge in [0.05, 0.1) is 16.8 Å². The average molecular weight is 276 g/mol. The Balaban J connectivity index is 2.53. The highest BCUT2D eigenvalue weighted by Gasteiger charge is 2.19. The van der Waals surface area contributed by atoms with Gasteiger partial charge < -0.3 is 15.8 Å². The summed E-state index contributed by atoms with van der Waals surface area (Å²) in [5.41, 5.74) is 8.00. The largest absolute Gasteiger partial charge is 0.478 e. The second-order valence-corrected chi connectivity index (χ2v) is 4.77. The minimum absolute atomic E-state index is 0.0448. The Kier molecular flexibility index (Phi) is 2.40. The van der Waals surface area contributed by atoms with Gasteiger partial charge >= 0.3 is 5.97 Å². The number of carbonyl (C=O) groups is 1. The monoisotopic (exact) mass is 275 g/mol. The third-order valence-electron chi connectivity index (χ3n) is 3.13. The zero-order chi connectivity index (χ0) is 13.7. The summed E-state index contributed by atoms with van der Waals surface area (Å²) in [6, 6.07) is 5.29. The van der Waals surface area contributed by atoms with Gasteiger partial charge in [0.15, 0.2) is 0 Å². The first-order valence-corrected chi connectivity index (χ1v) is 5.97. The first-order valence-electron chi connectivity index (χ1n) is 5.59. The molecule has 4 N–H and O–H groups in total. The number of nitrogens with two attached hydrogens (primary N) is 1. The van der Waals surface area contributed by atoms with E-state index in [1.165, 1.54) is 0 Å². The minimum Gasteiger partial charge on any atom is -0.478 e. The summed E-state index contributed by atoms with van der Waals surface area (Å²) in [5, 5.41) is 11.2. The molecule has 5 nitrogen and oxygen atoms in total. The Labute approximate surface area is 113 Å². The molecule has 0 radical (unpaired) electrons. The highest BCUT2D eigenvalue weighted by molar-refractivity contribution is 6.31. The lowest BCUT2D eigenvalue weighted by atomic mass is 10.1. The summed E-state index contributed by atoms with van der Waals surface area (Å²) < 4.78 is 0. The van der Waals surface area contributed by atoms with E-state index in [-0.39, 0.29) is 11.3 Å².